The molecule has 0 amide bonds. The molecule has 0 spiro atoms. The molecule has 0 saturated heterocycles. The predicted octanol–water partition coefficient (Wildman–Crippen LogP) is 5.86. The minimum absolute atomic E-state index is 0.0279. The van der Waals surface area contributed by atoms with Gasteiger partial charge in [-0.3, -0.25) is 0 Å². The third kappa shape index (κ3) is 4.45. The number of ether oxygens (including phenoxy) is 1. The highest BCUT2D eigenvalue weighted by molar-refractivity contribution is 6.25. The SMILES string of the molecule is CCCc1ccc(OC[C@H]2CC[C@H](/C=C/Cl)CC2)c(F)c1F. The fourth-order valence-corrected chi connectivity index (χ4v) is 3.21. The molecule has 1 saturated carbocycles. The number of aryl methyl sites for hydroxylation is 1. The van der Waals surface area contributed by atoms with Gasteiger partial charge < -0.3 is 4.74 Å². The smallest absolute Gasteiger partial charge is 0.200 e. The van der Waals surface area contributed by atoms with E-state index in [2.05, 4.69) is 0 Å². The Balaban J connectivity index is 1.88. The van der Waals surface area contributed by atoms with E-state index in [0.29, 0.717) is 30.4 Å². The fourth-order valence-electron chi connectivity index (χ4n) is 3.00. The van der Waals surface area contributed by atoms with Crippen molar-refractivity contribution < 1.29 is 13.5 Å². The highest BCUT2D eigenvalue weighted by Crippen LogP contribution is 2.31. The second-order valence-corrected chi connectivity index (χ2v) is 6.26. The second kappa shape index (κ2) is 8.52. The lowest BCUT2D eigenvalue weighted by atomic mass is 9.82. The summed E-state index contributed by atoms with van der Waals surface area (Å²) in [7, 11) is 0. The summed E-state index contributed by atoms with van der Waals surface area (Å²) < 4.78 is 33.4. The van der Waals surface area contributed by atoms with E-state index < -0.39 is 11.6 Å². The Kier molecular flexibility index (Phi) is 6.69. The Morgan fingerprint density at radius 1 is 1.18 bits per heavy atom. The molecule has 4 heteroatoms. The molecule has 0 N–H and O–H groups in total. The average Bonchev–Trinajstić information content (AvgIpc) is 2.53. The summed E-state index contributed by atoms with van der Waals surface area (Å²) in [6.45, 7) is 2.39. The summed E-state index contributed by atoms with van der Waals surface area (Å²) in [4.78, 5) is 0. The first-order valence-corrected chi connectivity index (χ1v) is 8.45. The first-order valence-electron chi connectivity index (χ1n) is 8.02. The largest absolute Gasteiger partial charge is 0.490 e. The van der Waals surface area contributed by atoms with Crippen molar-refractivity contribution in [2.75, 3.05) is 6.61 Å². The van der Waals surface area contributed by atoms with E-state index in [1.54, 1.807) is 17.7 Å². The first kappa shape index (κ1) is 17.3. The lowest BCUT2D eigenvalue weighted by molar-refractivity contribution is 0.188. The lowest BCUT2D eigenvalue weighted by Gasteiger charge is -2.26. The van der Waals surface area contributed by atoms with Crippen LogP contribution in [0, 0.1) is 23.5 Å². The normalized spacial score (nSPS) is 22.2. The molecular weight excluding hydrogens is 306 g/mol. The van der Waals surface area contributed by atoms with Gasteiger partial charge in [-0.1, -0.05) is 37.1 Å². The van der Waals surface area contributed by atoms with Crippen molar-refractivity contribution in [2.24, 2.45) is 11.8 Å². The van der Waals surface area contributed by atoms with Crippen LogP contribution in [0.25, 0.3) is 0 Å². The summed E-state index contributed by atoms with van der Waals surface area (Å²) in [5.41, 5.74) is 2.00. The zero-order valence-electron chi connectivity index (χ0n) is 13.0. The van der Waals surface area contributed by atoms with E-state index in [0.717, 1.165) is 32.1 Å². The third-order valence-electron chi connectivity index (χ3n) is 4.36. The van der Waals surface area contributed by atoms with Gasteiger partial charge in [0, 0.05) is 5.54 Å². The van der Waals surface area contributed by atoms with Gasteiger partial charge in [0.2, 0.25) is 5.82 Å². The summed E-state index contributed by atoms with van der Waals surface area (Å²) in [5, 5.41) is 0. The Hall–Kier alpha value is -1.09. The van der Waals surface area contributed by atoms with Gasteiger partial charge in [0.05, 0.1) is 6.61 Å². The minimum atomic E-state index is -0.857. The van der Waals surface area contributed by atoms with Crippen molar-refractivity contribution in [3.05, 3.63) is 40.9 Å². The maximum absolute atomic E-state index is 14.0. The van der Waals surface area contributed by atoms with Crippen molar-refractivity contribution >= 4 is 11.6 Å². The molecule has 0 heterocycles. The monoisotopic (exact) mass is 328 g/mol. The Labute approximate surface area is 136 Å². The maximum Gasteiger partial charge on any atom is 0.200 e. The summed E-state index contributed by atoms with van der Waals surface area (Å²) in [6, 6.07) is 3.17. The predicted molar refractivity (Wildman–Crippen MR) is 86.3 cm³/mol. The van der Waals surface area contributed by atoms with Crippen LogP contribution in [-0.4, -0.2) is 6.61 Å². The zero-order chi connectivity index (χ0) is 15.9. The molecular formula is C18H23ClF2O. The molecule has 0 aromatic heterocycles. The highest BCUT2D eigenvalue weighted by Gasteiger charge is 2.21. The molecule has 1 fully saturated rings. The van der Waals surface area contributed by atoms with Gasteiger partial charge in [-0.25, -0.2) is 4.39 Å². The second-order valence-electron chi connectivity index (χ2n) is 6.01. The molecule has 1 aliphatic rings. The van der Waals surface area contributed by atoms with Crippen molar-refractivity contribution in [3.63, 3.8) is 0 Å². The van der Waals surface area contributed by atoms with Crippen LogP contribution in [0.4, 0.5) is 8.78 Å². The standard InChI is InChI=1S/C18H23ClF2O/c1-2-3-15-8-9-16(18(21)17(15)20)22-12-14-6-4-13(5-7-14)10-11-19/h8-11,13-14H,2-7,12H2,1H3/b11-10+/t13-,14-. The van der Waals surface area contributed by atoms with Crippen molar-refractivity contribution in [2.45, 2.75) is 45.4 Å². The van der Waals surface area contributed by atoms with Crippen LogP contribution < -0.4 is 4.74 Å². The lowest BCUT2D eigenvalue weighted by Crippen LogP contribution is -2.19. The molecule has 2 rings (SSSR count). The van der Waals surface area contributed by atoms with Gasteiger partial charge in [-0.2, -0.15) is 4.39 Å². The molecule has 22 heavy (non-hydrogen) atoms. The van der Waals surface area contributed by atoms with Gasteiger partial charge >= 0.3 is 0 Å². The van der Waals surface area contributed by atoms with Gasteiger partial charge in [-0.15, -0.1) is 0 Å². The topological polar surface area (TPSA) is 9.23 Å². The average molecular weight is 329 g/mol. The van der Waals surface area contributed by atoms with Crippen molar-refractivity contribution in [3.8, 4) is 5.75 Å². The number of halogens is 3. The van der Waals surface area contributed by atoms with Gasteiger partial charge in [0.15, 0.2) is 11.6 Å². The van der Waals surface area contributed by atoms with Gasteiger partial charge in [0.25, 0.3) is 0 Å². The Morgan fingerprint density at radius 3 is 2.55 bits per heavy atom. The maximum atomic E-state index is 14.0. The van der Waals surface area contributed by atoms with Crippen LogP contribution in [-0.2, 0) is 6.42 Å². The van der Waals surface area contributed by atoms with E-state index >= 15 is 0 Å². The van der Waals surface area contributed by atoms with E-state index in [4.69, 9.17) is 16.3 Å². The van der Waals surface area contributed by atoms with E-state index in [9.17, 15) is 8.78 Å². The molecule has 0 unspecified atom stereocenters. The Morgan fingerprint density at radius 2 is 1.91 bits per heavy atom. The molecule has 1 nitrogen and oxygen atoms in total. The quantitative estimate of drug-likeness (QED) is 0.636. The van der Waals surface area contributed by atoms with Crippen LogP contribution in [0.15, 0.2) is 23.7 Å². The molecule has 0 atom stereocenters. The molecule has 122 valence electrons. The van der Waals surface area contributed by atoms with Crippen LogP contribution in [0.5, 0.6) is 5.75 Å². The highest BCUT2D eigenvalue weighted by atomic mass is 35.5. The van der Waals surface area contributed by atoms with E-state index in [1.807, 2.05) is 13.0 Å². The van der Waals surface area contributed by atoms with Gasteiger partial charge in [-0.05, 0) is 55.6 Å². The summed E-state index contributed by atoms with van der Waals surface area (Å²) >= 11 is 5.60. The molecule has 0 aliphatic heterocycles. The molecule has 0 radical (unpaired) electrons. The fraction of sp³-hybridized carbons (Fsp3) is 0.556. The number of benzene rings is 1. The number of hydrogen-bond acceptors (Lipinski definition) is 1. The molecule has 1 aromatic rings. The number of allylic oxidation sites excluding steroid dienone is 1. The molecule has 0 bridgehead atoms. The Bertz CT molecular complexity index is 508. The first-order chi connectivity index (χ1) is 10.7. The zero-order valence-corrected chi connectivity index (χ0v) is 13.7. The van der Waals surface area contributed by atoms with E-state index in [1.165, 1.54) is 0 Å². The molecule has 1 aliphatic carbocycles. The van der Waals surface area contributed by atoms with Crippen molar-refractivity contribution in [1.82, 2.24) is 0 Å². The van der Waals surface area contributed by atoms with Crippen LogP contribution in [0.3, 0.4) is 0 Å². The number of hydrogen-bond donors (Lipinski definition) is 0. The van der Waals surface area contributed by atoms with Crippen molar-refractivity contribution in [1.29, 1.82) is 0 Å². The van der Waals surface area contributed by atoms with Crippen LogP contribution in [0.2, 0.25) is 0 Å². The summed E-state index contributed by atoms with van der Waals surface area (Å²) in [5.74, 6) is -0.658. The molecule has 1 aromatic carbocycles. The van der Waals surface area contributed by atoms with Crippen LogP contribution >= 0.6 is 11.6 Å². The minimum Gasteiger partial charge on any atom is -0.490 e. The third-order valence-corrected chi connectivity index (χ3v) is 4.50. The van der Waals surface area contributed by atoms with Gasteiger partial charge in [0.1, 0.15) is 0 Å². The number of rotatable bonds is 6. The van der Waals surface area contributed by atoms with E-state index in [-0.39, 0.29) is 5.75 Å². The summed E-state index contributed by atoms with van der Waals surface area (Å²) in [6.07, 6.45) is 7.57. The van der Waals surface area contributed by atoms with Crippen LogP contribution in [0.1, 0.15) is 44.6 Å².